The van der Waals surface area contributed by atoms with E-state index in [1.807, 2.05) is 12.1 Å². The van der Waals surface area contributed by atoms with Gasteiger partial charge in [0.2, 0.25) is 0 Å². The molecule has 4 nitrogen and oxygen atoms in total. The Morgan fingerprint density at radius 1 is 1.35 bits per heavy atom. The van der Waals surface area contributed by atoms with Crippen LogP contribution in [-0.2, 0) is 9.57 Å². The fourth-order valence-corrected chi connectivity index (χ4v) is 1.58. The quantitative estimate of drug-likeness (QED) is 0.781. The summed E-state index contributed by atoms with van der Waals surface area (Å²) in [6.45, 7) is 5.42. The molecule has 0 aliphatic rings. The maximum absolute atomic E-state index is 11.9. The summed E-state index contributed by atoms with van der Waals surface area (Å²) in [5, 5.41) is 1.11. The number of anilines is 1. The summed E-state index contributed by atoms with van der Waals surface area (Å²) in [5.41, 5.74) is 0.0518. The van der Waals surface area contributed by atoms with Crippen LogP contribution in [0.5, 0.6) is 0 Å². The molecule has 0 unspecified atom stereocenters. The maximum atomic E-state index is 11.9. The van der Waals surface area contributed by atoms with Gasteiger partial charge in [0, 0.05) is 4.47 Å². The fraction of sp³-hybridized carbons (Fsp3) is 0.417. The van der Waals surface area contributed by atoms with Gasteiger partial charge in [-0.05, 0) is 39.0 Å². The molecule has 0 N–H and O–H groups in total. The molecular formula is C12H16BrNO3. The van der Waals surface area contributed by atoms with Crippen molar-refractivity contribution in [1.29, 1.82) is 0 Å². The van der Waals surface area contributed by atoms with Crippen LogP contribution in [-0.4, -0.2) is 18.8 Å². The summed E-state index contributed by atoms with van der Waals surface area (Å²) < 4.78 is 6.09. The van der Waals surface area contributed by atoms with Gasteiger partial charge in [-0.2, -0.15) is 5.06 Å². The number of halogens is 1. The molecule has 0 spiro atoms. The van der Waals surface area contributed by atoms with Crippen LogP contribution in [0.15, 0.2) is 28.7 Å². The van der Waals surface area contributed by atoms with E-state index in [1.165, 1.54) is 7.11 Å². The van der Waals surface area contributed by atoms with Crippen molar-refractivity contribution in [2.45, 2.75) is 26.4 Å². The largest absolute Gasteiger partial charge is 0.442 e. The van der Waals surface area contributed by atoms with Gasteiger partial charge in [-0.15, -0.1) is 0 Å². The van der Waals surface area contributed by atoms with E-state index in [0.717, 1.165) is 9.54 Å². The van der Waals surface area contributed by atoms with E-state index < -0.39 is 11.7 Å². The first-order chi connectivity index (χ1) is 7.83. The van der Waals surface area contributed by atoms with Crippen molar-refractivity contribution in [3.63, 3.8) is 0 Å². The Morgan fingerprint density at radius 3 is 2.47 bits per heavy atom. The summed E-state index contributed by atoms with van der Waals surface area (Å²) in [6, 6.07) is 7.22. The molecule has 0 aliphatic heterocycles. The molecule has 0 aromatic heterocycles. The van der Waals surface area contributed by atoms with Crippen molar-refractivity contribution in [3.05, 3.63) is 28.7 Å². The molecule has 94 valence electrons. The molecule has 5 heteroatoms. The zero-order valence-corrected chi connectivity index (χ0v) is 11.9. The van der Waals surface area contributed by atoms with E-state index in [-0.39, 0.29) is 0 Å². The Kier molecular flexibility index (Phi) is 4.54. The van der Waals surface area contributed by atoms with E-state index in [1.54, 1.807) is 32.9 Å². The van der Waals surface area contributed by atoms with Crippen LogP contribution >= 0.6 is 15.9 Å². The molecule has 0 saturated carbocycles. The van der Waals surface area contributed by atoms with Gasteiger partial charge in [0.25, 0.3) is 0 Å². The highest BCUT2D eigenvalue weighted by Crippen LogP contribution is 2.22. The van der Waals surface area contributed by atoms with Gasteiger partial charge in [-0.3, -0.25) is 4.84 Å². The van der Waals surface area contributed by atoms with E-state index in [0.29, 0.717) is 5.69 Å². The lowest BCUT2D eigenvalue weighted by Gasteiger charge is -2.25. The van der Waals surface area contributed by atoms with Crippen molar-refractivity contribution >= 4 is 27.7 Å². The van der Waals surface area contributed by atoms with Crippen molar-refractivity contribution in [1.82, 2.24) is 0 Å². The summed E-state index contributed by atoms with van der Waals surface area (Å²) in [6.07, 6.45) is -0.543. The number of hydrogen-bond acceptors (Lipinski definition) is 3. The zero-order valence-electron chi connectivity index (χ0n) is 10.4. The van der Waals surface area contributed by atoms with Crippen LogP contribution in [0, 0.1) is 0 Å². The molecule has 0 saturated heterocycles. The minimum absolute atomic E-state index is 0.543. The second kappa shape index (κ2) is 5.51. The lowest BCUT2D eigenvalue weighted by atomic mass is 10.2. The lowest BCUT2D eigenvalue weighted by Crippen LogP contribution is -2.36. The zero-order chi connectivity index (χ0) is 13.1. The van der Waals surface area contributed by atoms with Crippen LogP contribution < -0.4 is 5.06 Å². The predicted molar refractivity (Wildman–Crippen MR) is 69.9 cm³/mol. The minimum atomic E-state index is -0.556. The number of rotatable bonds is 2. The molecule has 0 fully saturated rings. The molecule has 1 aromatic carbocycles. The third-order valence-electron chi connectivity index (χ3n) is 1.78. The van der Waals surface area contributed by atoms with Crippen LogP contribution in [0.2, 0.25) is 0 Å². The molecule has 0 atom stereocenters. The molecule has 0 bridgehead atoms. The number of benzene rings is 1. The first-order valence-corrected chi connectivity index (χ1v) is 5.95. The van der Waals surface area contributed by atoms with Crippen LogP contribution in [0.4, 0.5) is 10.5 Å². The third kappa shape index (κ3) is 4.36. The van der Waals surface area contributed by atoms with Gasteiger partial charge in [0.05, 0.1) is 12.8 Å². The first-order valence-electron chi connectivity index (χ1n) is 5.16. The van der Waals surface area contributed by atoms with Gasteiger partial charge in [-0.25, -0.2) is 4.79 Å². The highest BCUT2D eigenvalue weighted by Gasteiger charge is 2.23. The molecule has 1 rings (SSSR count). The summed E-state index contributed by atoms with van der Waals surface area (Å²) >= 11 is 3.34. The van der Waals surface area contributed by atoms with E-state index in [2.05, 4.69) is 15.9 Å². The SMILES string of the molecule is CON(C(=O)OC(C)(C)C)c1cccc(Br)c1. The standard InChI is InChI=1S/C12H16BrNO3/c1-12(2,3)17-11(15)14(16-4)10-7-5-6-9(13)8-10/h5-8H,1-4H3. The lowest BCUT2D eigenvalue weighted by molar-refractivity contribution is 0.0328. The Hall–Kier alpha value is -1.07. The Morgan fingerprint density at radius 2 is 2.00 bits per heavy atom. The van der Waals surface area contributed by atoms with Gasteiger partial charge in [-0.1, -0.05) is 22.0 Å². The first kappa shape index (κ1) is 14.0. The molecule has 0 aliphatic carbocycles. The number of carbonyl (C=O) groups excluding carboxylic acids is 1. The highest BCUT2D eigenvalue weighted by molar-refractivity contribution is 9.10. The fourth-order valence-electron chi connectivity index (χ4n) is 1.19. The van der Waals surface area contributed by atoms with Crippen molar-refractivity contribution < 1.29 is 14.4 Å². The van der Waals surface area contributed by atoms with Gasteiger partial charge in [0.15, 0.2) is 0 Å². The molecule has 17 heavy (non-hydrogen) atoms. The molecule has 1 amide bonds. The number of hydroxylamine groups is 1. The minimum Gasteiger partial charge on any atom is -0.442 e. The number of hydrogen-bond donors (Lipinski definition) is 0. The van der Waals surface area contributed by atoms with Crippen molar-refractivity contribution in [2.75, 3.05) is 12.2 Å². The Balaban J connectivity index is 2.88. The third-order valence-corrected chi connectivity index (χ3v) is 2.28. The van der Waals surface area contributed by atoms with Crippen molar-refractivity contribution in [3.8, 4) is 0 Å². The molecule has 0 heterocycles. The summed E-state index contributed by atoms with van der Waals surface area (Å²) in [5.74, 6) is 0. The average molecular weight is 302 g/mol. The number of amides is 1. The van der Waals surface area contributed by atoms with Crippen molar-refractivity contribution in [2.24, 2.45) is 0 Å². The predicted octanol–water partition coefficient (Wildman–Crippen LogP) is 3.75. The number of nitrogens with zero attached hydrogens (tertiary/aromatic N) is 1. The van der Waals surface area contributed by atoms with Gasteiger partial charge in [0.1, 0.15) is 5.60 Å². The van der Waals surface area contributed by atoms with E-state index >= 15 is 0 Å². The summed E-state index contributed by atoms with van der Waals surface area (Å²) in [4.78, 5) is 16.9. The molecular weight excluding hydrogens is 286 g/mol. The van der Waals surface area contributed by atoms with Crippen LogP contribution in [0.1, 0.15) is 20.8 Å². The monoisotopic (exact) mass is 301 g/mol. The topological polar surface area (TPSA) is 38.8 Å². The summed E-state index contributed by atoms with van der Waals surface area (Å²) in [7, 11) is 1.42. The maximum Gasteiger partial charge on any atom is 0.439 e. The number of carbonyl (C=O) groups is 1. The smallest absolute Gasteiger partial charge is 0.439 e. The van der Waals surface area contributed by atoms with Crippen LogP contribution in [0.3, 0.4) is 0 Å². The number of ether oxygens (including phenoxy) is 1. The highest BCUT2D eigenvalue weighted by atomic mass is 79.9. The van der Waals surface area contributed by atoms with E-state index in [9.17, 15) is 4.79 Å². The van der Waals surface area contributed by atoms with E-state index in [4.69, 9.17) is 9.57 Å². The average Bonchev–Trinajstić information content (AvgIpc) is 2.15. The normalized spacial score (nSPS) is 11.1. The van der Waals surface area contributed by atoms with Gasteiger partial charge < -0.3 is 4.74 Å². The van der Waals surface area contributed by atoms with Gasteiger partial charge >= 0.3 is 6.09 Å². The second-order valence-corrected chi connectivity index (χ2v) is 5.35. The Bertz CT molecular complexity index is 401. The Labute approximate surface area is 110 Å². The molecule has 0 radical (unpaired) electrons. The second-order valence-electron chi connectivity index (χ2n) is 4.44. The molecule has 1 aromatic rings. The van der Waals surface area contributed by atoms with Crippen LogP contribution in [0.25, 0.3) is 0 Å².